The minimum atomic E-state index is -3.72. The van der Waals surface area contributed by atoms with Gasteiger partial charge in [0, 0.05) is 31.9 Å². The molecule has 0 radical (unpaired) electrons. The largest absolute Gasteiger partial charge is 0.379 e. The summed E-state index contributed by atoms with van der Waals surface area (Å²) in [5.41, 5.74) is 2.04. The summed E-state index contributed by atoms with van der Waals surface area (Å²) in [7, 11) is -3.72. The van der Waals surface area contributed by atoms with Crippen LogP contribution >= 0.6 is 0 Å². The van der Waals surface area contributed by atoms with Crippen LogP contribution in [-0.2, 0) is 19.5 Å². The van der Waals surface area contributed by atoms with Gasteiger partial charge in [-0.3, -0.25) is 4.79 Å². The van der Waals surface area contributed by atoms with Crippen LogP contribution in [0.4, 0.5) is 5.69 Å². The van der Waals surface area contributed by atoms with Crippen LogP contribution in [0.1, 0.15) is 28.9 Å². The fraction of sp³-hybridized carbons (Fsp3) is 0.435. The Morgan fingerprint density at radius 2 is 1.56 bits per heavy atom. The maximum atomic E-state index is 13.3. The molecule has 2 saturated heterocycles. The van der Waals surface area contributed by atoms with Gasteiger partial charge in [-0.2, -0.15) is 4.31 Å². The molecule has 1 unspecified atom stereocenters. The second kappa shape index (κ2) is 9.99. The van der Waals surface area contributed by atoms with Crippen molar-refractivity contribution < 1.29 is 22.7 Å². The number of ether oxygens (including phenoxy) is 2. The van der Waals surface area contributed by atoms with Crippen LogP contribution in [0.2, 0.25) is 0 Å². The monoisotopic (exact) mass is 459 g/mol. The molecule has 2 heterocycles. The molecule has 0 spiro atoms. The van der Waals surface area contributed by atoms with Gasteiger partial charge >= 0.3 is 0 Å². The molecule has 9 heteroatoms. The van der Waals surface area contributed by atoms with E-state index >= 15 is 0 Å². The summed E-state index contributed by atoms with van der Waals surface area (Å²) in [6, 6.07) is 14.3. The third kappa shape index (κ3) is 4.96. The summed E-state index contributed by atoms with van der Waals surface area (Å²) >= 11 is 0. The second-order valence-electron chi connectivity index (χ2n) is 7.90. The fourth-order valence-corrected chi connectivity index (χ4v) is 5.41. The van der Waals surface area contributed by atoms with Crippen LogP contribution in [0.5, 0.6) is 0 Å². The Hall–Kier alpha value is -2.46. The first-order valence-corrected chi connectivity index (χ1v) is 12.3. The second-order valence-corrected chi connectivity index (χ2v) is 9.84. The number of carbonyl (C=O) groups is 1. The molecule has 172 valence electrons. The highest BCUT2D eigenvalue weighted by Gasteiger charge is 2.29. The summed E-state index contributed by atoms with van der Waals surface area (Å²) in [6.45, 7) is 5.68. The number of amides is 1. The predicted molar refractivity (Wildman–Crippen MR) is 121 cm³/mol. The minimum Gasteiger partial charge on any atom is -0.379 e. The molecule has 1 N–H and O–H groups in total. The van der Waals surface area contributed by atoms with Crippen molar-refractivity contribution >= 4 is 21.6 Å². The van der Waals surface area contributed by atoms with E-state index in [1.165, 1.54) is 10.4 Å². The van der Waals surface area contributed by atoms with Gasteiger partial charge < -0.3 is 19.7 Å². The summed E-state index contributed by atoms with van der Waals surface area (Å²) in [5, 5.41) is 3.02. The number of rotatable bonds is 6. The normalized spacial score (nSPS) is 18.8. The SMILES string of the molecule is CC(NC(=O)c1cc(S(=O)(=O)N2CCOCC2)ccc1N1CCOCC1)c1ccccc1. The highest BCUT2D eigenvalue weighted by molar-refractivity contribution is 7.89. The average Bonchev–Trinajstić information content (AvgIpc) is 2.85. The molecule has 1 atom stereocenters. The highest BCUT2D eigenvalue weighted by Crippen LogP contribution is 2.28. The Morgan fingerprint density at radius 3 is 2.22 bits per heavy atom. The molecule has 2 aromatic carbocycles. The summed E-state index contributed by atoms with van der Waals surface area (Å²) in [6.07, 6.45) is 0. The van der Waals surface area contributed by atoms with E-state index in [1.807, 2.05) is 37.3 Å². The molecule has 0 aliphatic carbocycles. The molecule has 32 heavy (non-hydrogen) atoms. The number of hydrogen-bond acceptors (Lipinski definition) is 6. The van der Waals surface area contributed by atoms with Crippen molar-refractivity contribution in [2.45, 2.75) is 17.9 Å². The standard InChI is InChI=1S/C23H29N3O5S/c1-18(19-5-3-2-4-6-19)24-23(27)21-17-20(32(28,29)26-11-15-31-16-12-26)7-8-22(21)25-9-13-30-14-10-25/h2-8,17-18H,9-16H2,1H3,(H,24,27). The number of nitrogens with one attached hydrogen (secondary N) is 1. The molecular weight excluding hydrogens is 430 g/mol. The van der Waals surface area contributed by atoms with Crippen molar-refractivity contribution in [1.29, 1.82) is 0 Å². The van der Waals surface area contributed by atoms with Gasteiger partial charge in [-0.05, 0) is 30.7 Å². The van der Waals surface area contributed by atoms with Gasteiger partial charge in [0.15, 0.2) is 0 Å². The predicted octanol–water partition coefficient (Wildman–Crippen LogP) is 2.04. The van der Waals surface area contributed by atoms with E-state index in [9.17, 15) is 13.2 Å². The molecule has 8 nitrogen and oxygen atoms in total. The summed E-state index contributed by atoms with van der Waals surface area (Å²) in [4.78, 5) is 15.5. The van der Waals surface area contributed by atoms with E-state index < -0.39 is 10.0 Å². The van der Waals surface area contributed by atoms with E-state index in [-0.39, 0.29) is 16.8 Å². The maximum Gasteiger partial charge on any atom is 0.253 e. The van der Waals surface area contributed by atoms with Crippen molar-refractivity contribution in [3.8, 4) is 0 Å². The van der Waals surface area contributed by atoms with Gasteiger partial charge in [-0.25, -0.2) is 8.42 Å². The molecule has 2 aromatic rings. The van der Waals surface area contributed by atoms with Gasteiger partial charge in [0.2, 0.25) is 10.0 Å². The zero-order chi connectivity index (χ0) is 22.6. The number of anilines is 1. The van der Waals surface area contributed by atoms with E-state index in [0.29, 0.717) is 63.9 Å². The van der Waals surface area contributed by atoms with Crippen molar-refractivity contribution in [3.05, 3.63) is 59.7 Å². The number of hydrogen-bond donors (Lipinski definition) is 1. The van der Waals surface area contributed by atoms with E-state index in [1.54, 1.807) is 12.1 Å². The molecule has 2 aliphatic rings. The third-order valence-corrected chi connectivity index (χ3v) is 7.71. The zero-order valence-corrected chi connectivity index (χ0v) is 19.0. The van der Waals surface area contributed by atoms with Crippen LogP contribution < -0.4 is 10.2 Å². The van der Waals surface area contributed by atoms with Crippen LogP contribution in [-0.4, -0.2) is 71.2 Å². The first-order valence-electron chi connectivity index (χ1n) is 10.9. The molecule has 0 bridgehead atoms. The van der Waals surface area contributed by atoms with Crippen LogP contribution in [0.15, 0.2) is 53.4 Å². The lowest BCUT2D eigenvalue weighted by molar-refractivity contribution is 0.0730. The van der Waals surface area contributed by atoms with E-state index in [4.69, 9.17) is 9.47 Å². The number of nitrogens with zero attached hydrogens (tertiary/aromatic N) is 2. The zero-order valence-electron chi connectivity index (χ0n) is 18.2. The Balaban J connectivity index is 1.66. The lowest BCUT2D eigenvalue weighted by atomic mass is 10.1. The van der Waals surface area contributed by atoms with Gasteiger partial charge in [-0.15, -0.1) is 0 Å². The quantitative estimate of drug-likeness (QED) is 0.711. The molecule has 0 saturated carbocycles. The summed E-state index contributed by atoms with van der Waals surface area (Å²) < 4.78 is 38.5. The van der Waals surface area contributed by atoms with Crippen molar-refractivity contribution in [2.24, 2.45) is 0 Å². The lowest BCUT2D eigenvalue weighted by Gasteiger charge is -2.31. The average molecular weight is 460 g/mol. The van der Waals surface area contributed by atoms with Crippen molar-refractivity contribution in [3.63, 3.8) is 0 Å². The molecule has 0 aromatic heterocycles. The minimum absolute atomic E-state index is 0.119. The number of benzene rings is 2. The Kier molecular flexibility index (Phi) is 7.10. The first kappa shape index (κ1) is 22.7. The Labute approximate surface area is 189 Å². The Morgan fingerprint density at radius 1 is 0.938 bits per heavy atom. The number of sulfonamides is 1. The van der Waals surface area contributed by atoms with Gasteiger partial charge in [0.25, 0.3) is 5.91 Å². The van der Waals surface area contributed by atoms with Gasteiger partial charge in [0.1, 0.15) is 0 Å². The first-order chi connectivity index (χ1) is 15.5. The molecule has 2 fully saturated rings. The Bertz CT molecular complexity index is 1030. The van der Waals surface area contributed by atoms with Crippen molar-refractivity contribution in [1.82, 2.24) is 9.62 Å². The van der Waals surface area contributed by atoms with E-state index in [0.717, 1.165) is 5.56 Å². The number of morpholine rings is 2. The topological polar surface area (TPSA) is 88.2 Å². The van der Waals surface area contributed by atoms with Gasteiger partial charge in [0.05, 0.1) is 42.9 Å². The molecule has 1 amide bonds. The molecule has 2 aliphatic heterocycles. The van der Waals surface area contributed by atoms with Gasteiger partial charge in [-0.1, -0.05) is 30.3 Å². The molecular formula is C23H29N3O5S. The third-order valence-electron chi connectivity index (χ3n) is 5.82. The summed E-state index contributed by atoms with van der Waals surface area (Å²) in [5.74, 6) is -0.304. The van der Waals surface area contributed by atoms with Crippen molar-refractivity contribution in [2.75, 3.05) is 57.5 Å². The smallest absolute Gasteiger partial charge is 0.253 e. The highest BCUT2D eigenvalue weighted by atomic mass is 32.2. The van der Waals surface area contributed by atoms with Crippen LogP contribution in [0.3, 0.4) is 0 Å². The maximum absolute atomic E-state index is 13.3. The number of carbonyl (C=O) groups excluding carboxylic acids is 1. The fourth-order valence-electron chi connectivity index (χ4n) is 3.97. The van der Waals surface area contributed by atoms with Crippen LogP contribution in [0.25, 0.3) is 0 Å². The van der Waals surface area contributed by atoms with Crippen LogP contribution in [0, 0.1) is 0 Å². The lowest BCUT2D eigenvalue weighted by Crippen LogP contribution is -2.41. The molecule has 4 rings (SSSR count). The van der Waals surface area contributed by atoms with E-state index in [2.05, 4.69) is 10.2 Å².